The molecule has 0 aliphatic rings. The third-order valence-electron chi connectivity index (χ3n) is 2.05. The van der Waals surface area contributed by atoms with E-state index in [1.54, 1.807) is 30.3 Å². The van der Waals surface area contributed by atoms with Gasteiger partial charge < -0.3 is 18.9 Å². The molecule has 1 atom stereocenters. The summed E-state index contributed by atoms with van der Waals surface area (Å²) in [7, 11) is -3.35. The molecule has 0 heterocycles. The molecule has 0 amide bonds. The first kappa shape index (κ1) is 16.2. The number of methoxy groups -OCH3 is 1. The Kier molecular flexibility index (Phi) is 6.17. The monoisotopic (exact) mass is 303 g/mol. The highest BCUT2D eigenvalue weighted by atomic mass is 31.2. The molecular formula is C11H14NO7P. The zero-order valence-corrected chi connectivity index (χ0v) is 11.5. The molecule has 0 fully saturated rings. The number of nitrogens with one attached hydrogen (secondary N) is 1. The number of carbonyl (C=O) groups is 2. The van der Waals surface area contributed by atoms with Crippen molar-refractivity contribution in [2.75, 3.05) is 13.7 Å². The molecule has 1 unspecified atom stereocenters. The molecule has 110 valence electrons. The van der Waals surface area contributed by atoms with Gasteiger partial charge in [-0.3, -0.25) is 4.79 Å². The fraction of sp³-hybridized carbons (Fsp3) is 0.273. The van der Waals surface area contributed by atoms with Crippen LogP contribution in [0.4, 0.5) is 4.79 Å². The van der Waals surface area contributed by atoms with Gasteiger partial charge in [-0.2, -0.15) is 0 Å². The van der Waals surface area contributed by atoms with Crippen molar-refractivity contribution in [3.05, 3.63) is 35.9 Å². The molecule has 9 heteroatoms. The molecule has 0 aliphatic heterocycles. The highest BCUT2D eigenvalue weighted by Crippen LogP contribution is 2.36. The Morgan fingerprint density at radius 2 is 1.95 bits per heavy atom. The fourth-order valence-corrected chi connectivity index (χ4v) is 1.76. The van der Waals surface area contributed by atoms with Crippen molar-refractivity contribution < 1.29 is 33.0 Å². The van der Waals surface area contributed by atoms with E-state index in [2.05, 4.69) is 14.0 Å². The van der Waals surface area contributed by atoms with Crippen molar-refractivity contribution >= 4 is 19.9 Å². The second kappa shape index (κ2) is 7.64. The summed E-state index contributed by atoms with van der Waals surface area (Å²) in [4.78, 5) is 31.2. The minimum Gasteiger partial charge on any atom is -0.468 e. The molecule has 0 aliphatic carbocycles. The summed E-state index contributed by atoms with van der Waals surface area (Å²) in [5, 5.41) is 1.85. The van der Waals surface area contributed by atoms with Crippen LogP contribution in [0.3, 0.4) is 0 Å². The molecule has 0 spiro atoms. The number of benzene rings is 1. The van der Waals surface area contributed by atoms with E-state index < -0.39 is 26.4 Å². The number of rotatable bonds is 6. The molecule has 2 N–H and O–H groups in total. The largest absolute Gasteiger partial charge is 0.516 e. The first-order chi connectivity index (χ1) is 9.43. The van der Waals surface area contributed by atoms with Gasteiger partial charge in [0.15, 0.2) is 0 Å². The van der Waals surface area contributed by atoms with Gasteiger partial charge in [0.25, 0.3) is 0 Å². The van der Waals surface area contributed by atoms with Gasteiger partial charge in [-0.25, -0.2) is 14.4 Å². The van der Waals surface area contributed by atoms with Crippen molar-refractivity contribution in [3.8, 4) is 0 Å². The molecule has 1 rings (SSSR count). The lowest BCUT2D eigenvalue weighted by Gasteiger charge is -2.12. The molecule has 8 nitrogen and oxygen atoms in total. The zero-order chi connectivity index (χ0) is 15.0. The van der Waals surface area contributed by atoms with Crippen LogP contribution in [0, 0.1) is 0 Å². The van der Waals surface area contributed by atoms with Crippen LogP contribution in [0.2, 0.25) is 0 Å². The lowest BCUT2D eigenvalue weighted by molar-refractivity contribution is -0.139. The van der Waals surface area contributed by atoms with Crippen LogP contribution in [0.1, 0.15) is 5.56 Å². The minimum atomic E-state index is -4.46. The second-order valence-corrected chi connectivity index (χ2v) is 5.09. The Hall–Kier alpha value is -1.89. The zero-order valence-electron chi connectivity index (χ0n) is 10.6. The van der Waals surface area contributed by atoms with Crippen molar-refractivity contribution in [1.29, 1.82) is 0 Å². The second-order valence-electron chi connectivity index (χ2n) is 3.55. The minimum absolute atomic E-state index is 0.101. The Morgan fingerprint density at radius 1 is 1.30 bits per heavy atom. The fourth-order valence-electron chi connectivity index (χ4n) is 1.11. The van der Waals surface area contributed by atoms with Gasteiger partial charge in [0.1, 0.15) is 13.2 Å². The van der Waals surface area contributed by atoms with Crippen LogP contribution < -0.4 is 5.09 Å². The van der Waals surface area contributed by atoms with Gasteiger partial charge in [-0.05, 0) is 5.56 Å². The number of carbonyl (C=O) groups excluding carboxylic acids is 2. The van der Waals surface area contributed by atoms with Crippen LogP contribution in [0.15, 0.2) is 30.3 Å². The molecule has 20 heavy (non-hydrogen) atoms. The first-order valence-electron chi connectivity index (χ1n) is 5.48. The number of ether oxygens (including phenoxy) is 2. The molecular weight excluding hydrogens is 289 g/mol. The Balaban J connectivity index is 2.37. The van der Waals surface area contributed by atoms with E-state index in [0.717, 1.165) is 7.11 Å². The van der Waals surface area contributed by atoms with Crippen LogP contribution in [-0.4, -0.2) is 30.7 Å². The Labute approximate surface area is 115 Å². The van der Waals surface area contributed by atoms with E-state index in [-0.39, 0.29) is 6.61 Å². The molecule has 0 saturated carbocycles. The molecule has 0 aromatic heterocycles. The first-order valence-corrected chi connectivity index (χ1v) is 7.06. The van der Waals surface area contributed by atoms with E-state index in [0.29, 0.717) is 5.56 Å². The highest BCUT2D eigenvalue weighted by Gasteiger charge is 2.26. The van der Waals surface area contributed by atoms with E-state index in [1.807, 2.05) is 5.09 Å². The third-order valence-corrected chi connectivity index (χ3v) is 3.00. The predicted octanol–water partition coefficient (Wildman–Crippen LogP) is 1.20. The van der Waals surface area contributed by atoms with Crippen LogP contribution >= 0.6 is 7.75 Å². The maximum atomic E-state index is 11.4. The normalized spacial score (nSPS) is 13.1. The SMILES string of the molecule is COC(=O)CNP(=O)(O)OC(=O)OCc1ccccc1. The Bertz CT molecular complexity index is 505. The average Bonchev–Trinajstić information content (AvgIpc) is 2.43. The van der Waals surface area contributed by atoms with E-state index in [4.69, 9.17) is 0 Å². The number of esters is 1. The smallest absolute Gasteiger partial charge is 0.468 e. The Morgan fingerprint density at radius 3 is 2.55 bits per heavy atom. The van der Waals surface area contributed by atoms with Gasteiger partial charge in [0.05, 0.1) is 7.11 Å². The predicted molar refractivity (Wildman–Crippen MR) is 67.6 cm³/mol. The quantitative estimate of drug-likeness (QED) is 0.595. The number of hydrogen-bond acceptors (Lipinski definition) is 6. The van der Waals surface area contributed by atoms with E-state index in [9.17, 15) is 19.0 Å². The summed E-state index contributed by atoms with van der Waals surface area (Å²) in [6, 6.07) is 8.71. The molecule has 1 aromatic rings. The standard InChI is InChI=1S/C11H14NO7P/c1-17-10(13)7-12-20(15,16)19-11(14)18-8-9-5-3-2-4-6-9/h2-6H,7-8H2,1H3,(H2,12,15,16). The summed E-state index contributed by atoms with van der Waals surface area (Å²) < 4.78 is 24.5. The highest BCUT2D eigenvalue weighted by molar-refractivity contribution is 7.51. The maximum Gasteiger partial charge on any atom is 0.516 e. The van der Waals surface area contributed by atoms with Crippen molar-refractivity contribution in [2.24, 2.45) is 0 Å². The summed E-state index contributed by atoms with van der Waals surface area (Å²) >= 11 is 0. The lowest BCUT2D eigenvalue weighted by atomic mass is 10.2. The lowest BCUT2D eigenvalue weighted by Crippen LogP contribution is -2.23. The topological polar surface area (TPSA) is 111 Å². The molecule has 1 aromatic carbocycles. The summed E-state index contributed by atoms with van der Waals surface area (Å²) in [5.74, 6) is -0.777. The van der Waals surface area contributed by atoms with Crippen LogP contribution in [-0.2, 0) is 30.0 Å². The van der Waals surface area contributed by atoms with Crippen molar-refractivity contribution in [2.45, 2.75) is 6.61 Å². The van der Waals surface area contributed by atoms with Gasteiger partial charge in [0, 0.05) is 0 Å². The van der Waals surface area contributed by atoms with Gasteiger partial charge in [-0.15, -0.1) is 0 Å². The van der Waals surface area contributed by atoms with Crippen molar-refractivity contribution in [1.82, 2.24) is 5.09 Å². The maximum absolute atomic E-state index is 11.4. The van der Waals surface area contributed by atoms with Crippen LogP contribution in [0.5, 0.6) is 0 Å². The average molecular weight is 303 g/mol. The summed E-state index contributed by atoms with van der Waals surface area (Å²) in [5.41, 5.74) is 0.694. The van der Waals surface area contributed by atoms with Gasteiger partial charge >= 0.3 is 19.9 Å². The van der Waals surface area contributed by atoms with E-state index in [1.165, 1.54) is 0 Å². The van der Waals surface area contributed by atoms with Gasteiger partial charge in [-0.1, -0.05) is 30.3 Å². The molecule has 0 bridgehead atoms. The number of hydrogen-bond donors (Lipinski definition) is 2. The van der Waals surface area contributed by atoms with Crippen LogP contribution in [0.25, 0.3) is 0 Å². The third kappa shape index (κ3) is 6.33. The van der Waals surface area contributed by atoms with Crippen molar-refractivity contribution in [3.63, 3.8) is 0 Å². The summed E-state index contributed by atoms with van der Waals surface area (Å²) in [6.45, 7) is -0.674. The van der Waals surface area contributed by atoms with E-state index >= 15 is 0 Å². The molecule has 0 radical (unpaired) electrons. The van der Waals surface area contributed by atoms with Gasteiger partial charge in [0.2, 0.25) is 0 Å². The summed E-state index contributed by atoms with van der Waals surface area (Å²) in [6.07, 6.45) is -1.32. The molecule has 0 saturated heterocycles.